The molecule has 0 aliphatic rings. The van der Waals surface area contributed by atoms with Crippen LogP contribution in [0.5, 0.6) is 5.75 Å². The average molecular weight is 566 g/mol. The Bertz CT molecular complexity index is 1270. The molecule has 3 aromatic rings. The quantitative estimate of drug-likeness (QED) is 0.198. The van der Waals surface area contributed by atoms with Crippen molar-refractivity contribution >= 4 is 54.7 Å². The highest BCUT2D eigenvalue weighted by Crippen LogP contribution is 2.35. The molecule has 32 heavy (non-hydrogen) atoms. The van der Waals surface area contributed by atoms with E-state index in [4.69, 9.17) is 4.74 Å². The van der Waals surface area contributed by atoms with Crippen LogP contribution in [0.25, 0.3) is 10.9 Å². The number of hydrogen-bond donors (Lipinski definition) is 0. The first-order valence-corrected chi connectivity index (χ1v) is 11.6. The Labute approximate surface area is 201 Å². The van der Waals surface area contributed by atoms with Crippen molar-refractivity contribution in [3.8, 4) is 5.75 Å². The van der Waals surface area contributed by atoms with Gasteiger partial charge in [-0.05, 0) is 37.6 Å². The summed E-state index contributed by atoms with van der Waals surface area (Å²) in [7, 11) is 0. The number of nitro groups is 1. The molecule has 0 spiro atoms. The lowest BCUT2D eigenvalue weighted by molar-refractivity contribution is -0.386. The van der Waals surface area contributed by atoms with E-state index < -0.39 is 4.92 Å². The standard InChI is InChI=1S/C22H22Br2N4O4/c1-5-13(4)32-20-14(8-16(24)10-19(20)28(30)31)11-25-27-21(12(2)3)26-18-7-6-15(23)9-17(18)22(27)29/h6-13H,5H2,1-4H3/t13-/m0/s1. The molecule has 2 aromatic carbocycles. The van der Waals surface area contributed by atoms with E-state index >= 15 is 0 Å². The lowest BCUT2D eigenvalue weighted by Gasteiger charge is -2.15. The third-order valence-corrected chi connectivity index (χ3v) is 5.77. The molecule has 8 nitrogen and oxygen atoms in total. The maximum absolute atomic E-state index is 13.2. The van der Waals surface area contributed by atoms with Gasteiger partial charge in [-0.2, -0.15) is 9.78 Å². The van der Waals surface area contributed by atoms with Gasteiger partial charge >= 0.3 is 5.69 Å². The minimum Gasteiger partial charge on any atom is -0.483 e. The number of aromatic nitrogens is 2. The predicted octanol–water partition coefficient (Wildman–Crippen LogP) is 6.01. The molecule has 0 radical (unpaired) electrons. The van der Waals surface area contributed by atoms with Gasteiger partial charge in [-0.3, -0.25) is 14.9 Å². The smallest absolute Gasteiger partial charge is 0.312 e. The number of fused-ring (bicyclic) bond motifs is 1. The van der Waals surface area contributed by atoms with Crippen LogP contribution >= 0.6 is 31.9 Å². The van der Waals surface area contributed by atoms with Crippen molar-refractivity contribution in [1.29, 1.82) is 0 Å². The molecule has 0 saturated heterocycles. The SMILES string of the molecule is CC[C@H](C)Oc1c(C=Nn2c(C(C)C)nc3ccc(Br)cc3c2=O)cc(Br)cc1[N+](=O)[O-]. The van der Waals surface area contributed by atoms with Gasteiger partial charge in [-0.25, -0.2) is 4.98 Å². The Morgan fingerprint density at radius 3 is 2.56 bits per heavy atom. The van der Waals surface area contributed by atoms with Crippen LogP contribution in [0.15, 0.2) is 49.2 Å². The van der Waals surface area contributed by atoms with E-state index in [2.05, 4.69) is 41.9 Å². The van der Waals surface area contributed by atoms with E-state index in [0.29, 0.717) is 33.2 Å². The molecule has 0 aliphatic carbocycles. The van der Waals surface area contributed by atoms with Crippen LogP contribution < -0.4 is 10.3 Å². The van der Waals surface area contributed by atoms with E-state index in [1.54, 1.807) is 18.2 Å². The topological polar surface area (TPSA) is 99.6 Å². The van der Waals surface area contributed by atoms with Crippen LogP contribution in [0.2, 0.25) is 0 Å². The van der Waals surface area contributed by atoms with E-state index in [1.165, 1.54) is 17.0 Å². The van der Waals surface area contributed by atoms with Crippen molar-refractivity contribution in [3.63, 3.8) is 0 Å². The lowest BCUT2D eigenvalue weighted by Crippen LogP contribution is -2.23. The van der Waals surface area contributed by atoms with Gasteiger partial charge in [0.1, 0.15) is 5.82 Å². The van der Waals surface area contributed by atoms with Crippen LogP contribution in [0.4, 0.5) is 5.69 Å². The predicted molar refractivity (Wildman–Crippen MR) is 132 cm³/mol. The van der Waals surface area contributed by atoms with Gasteiger partial charge in [-0.1, -0.05) is 52.6 Å². The van der Waals surface area contributed by atoms with E-state index in [9.17, 15) is 14.9 Å². The second-order valence-electron chi connectivity index (χ2n) is 7.58. The fourth-order valence-electron chi connectivity index (χ4n) is 3.02. The number of rotatable bonds is 7. The van der Waals surface area contributed by atoms with Crippen molar-refractivity contribution < 1.29 is 9.66 Å². The summed E-state index contributed by atoms with van der Waals surface area (Å²) < 4.78 is 8.35. The molecule has 10 heteroatoms. The molecular formula is C22H22Br2N4O4. The average Bonchev–Trinajstić information content (AvgIpc) is 2.74. The van der Waals surface area contributed by atoms with E-state index in [0.717, 1.165) is 4.47 Å². The zero-order chi connectivity index (χ0) is 23.6. The molecule has 0 N–H and O–H groups in total. The Balaban J connectivity index is 2.23. The molecule has 0 saturated carbocycles. The summed E-state index contributed by atoms with van der Waals surface area (Å²) in [5, 5.41) is 16.4. The minimum absolute atomic E-state index is 0.0828. The maximum atomic E-state index is 13.2. The van der Waals surface area contributed by atoms with Gasteiger partial charge in [0.15, 0.2) is 0 Å². The number of ether oxygens (including phenoxy) is 1. The molecule has 168 valence electrons. The molecule has 0 fully saturated rings. The first kappa shape index (κ1) is 24.1. The zero-order valence-electron chi connectivity index (χ0n) is 18.0. The molecule has 0 bridgehead atoms. The third-order valence-electron chi connectivity index (χ3n) is 4.82. The summed E-state index contributed by atoms with van der Waals surface area (Å²) in [4.78, 5) is 29.0. The summed E-state index contributed by atoms with van der Waals surface area (Å²) >= 11 is 6.69. The van der Waals surface area contributed by atoms with Crippen LogP contribution in [0.1, 0.15) is 51.4 Å². The molecule has 0 unspecified atom stereocenters. The Hall–Kier alpha value is -2.59. The number of hydrogen-bond acceptors (Lipinski definition) is 6. The van der Waals surface area contributed by atoms with E-state index in [-0.39, 0.29) is 29.0 Å². The Morgan fingerprint density at radius 1 is 1.22 bits per heavy atom. The fourth-order valence-corrected chi connectivity index (χ4v) is 3.84. The first-order valence-electron chi connectivity index (χ1n) is 10.0. The van der Waals surface area contributed by atoms with Crippen molar-refractivity contribution in [1.82, 2.24) is 9.66 Å². The monoisotopic (exact) mass is 564 g/mol. The van der Waals surface area contributed by atoms with Gasteiger partial charge in [0.2, 0.25) is 5.75 Å². The van der Waals surface area contributed by atoms with Crippen molar-refractivity contribution in [2.75, 3.05) is 0 Å². The number of nitrogens with zero attached hydrogens (tertiary/aromatic N) is 4. The minimum atomic E-state index is -0.499. The second-order valence-corrected chi connectivity index (χ2v) is 9.42. The normalized spacial score (nSPS) is 12.6. The molecule has 1 heterocycles. The molecular weight excluding hydrogens is 544 g/mol. The molecule has 1 aromatic heterocycles. The summed E-state index contributed by atoms with van der Waals surface area (Å²) in [5.41, 5.74) is 0.442. The zero-order valence-corrected chi connectivity index (χ0v) is 21.2. The fraction of sp³-hybridized carbons (Fsp3) is 0.318. The number of benzene rings is 2. The van der Waals surface area contributed by atoms with Crippen LogP contribution in [0.3, 0.4) is 0 Å². The highest BCUT2D eigenvalue weighted by atomic mass is 79.9. The summed E-state index contributed by atoms with van der Waals surface area (Å²) in [6, 6.07) is 8.35. The van der Waals surface area contributed by atoms with Crippen LogP contribution in [-0.4, -0.2) is 26.9 Å². The van der Waals surface area contributed by atoms with Crippen molar-refractivity contribution in [2.45, 2.75) is 46.1 Å². The van der Waals surface area contributed by atoms with Crippen molar-refractivity contribution in [3.05, 3.63) is 71.1 Å². The highest BCUT2D eigenvalue weighted by Gasteiger charge is 2.22. The second kappa shape index (κ2) is 9.91. The first-order chi connectivity index (χ1) is 15.1. The molecule has 0 amide bonds. The van der Waals surface area contributed by atoms with Gasteiger partial charge in [0.05, 0.1) is 28.1 Å². The van der Waals surface area contributed by atoms with E-state index in [1.807, 2.05) is 33.8 Å². The maximum Gasteiger partial charge on any atom is 0.312 e. The molecule has 1 atom stereocenters. The number of nitro benzene ring substituents is 1. The van der Waals surface area contributed by atoms with Crippen molar-refractivity contribution in [2.24, 2.45) is 5.10 Å². The van der Waals surface area contributed by atoms with Gasteiger partial charge in [0.25, 0.3) is 5.56 Å². The third kappa shape index (κ3) is 5.07. The lowest BCUT2D eigenvalue weighted by atomic mass is 10.1. The summed E-state index contributed by atoms with van der Waals surface area (Å²) in [6.45, 7) is 7.59. The molecule has 3 rings (SSSR count). The molecule has 0 aliphatic heterocycles. The van der Waals surface area contributed by atoms with Crippen LogP contribution in [-0.2, 0) is 0 Å². The number of halogens is 2. The Morgan fingerprint density at radius 2 is 1.94 bits per heavy atom. The largest absolute Gasteiger partial charge is 0.483 e. The van der Waals surface area contributed by atoms with Gasteiger partial charge in [-0.15, -0.1) is 0 Å². The Kier molecular flexibility index (Phi) is 7.45. The summed E-state index contributed by atoms with van der Waals surface area (Å²) in [6.07, 6.45) is 1.83. The van der Waals surface area contributed by atoms with Crippen LogP contribution in [0, 0.1) is 10.1 Å². The highest BCUT2D eigenvalue weighted by molar-refractivity contribution is 9.10. The van der Waals surface area contributed by atoms with Gasteiger partial charge in [0, 0.05) is 26.5 Å². The summed E-state index contributed by atoms with van der Waals surface area (Å²) in [5.74, 6) is 0.502. The van der Waals surface area contributed by atoms with Gasteiger partial charge < -0.3 is 4.74 Å².